The predicted molar refractivity (Wildman–Crippen MR) is 108 cm³/mol. The number of nitrogens with zero attached hydrogens (tertiary/aromatic N) is 1. The standard InChI is InChI=1S/C21H21F2N3O6/c1-2-32-19(28)11-16(12-4-7-15(8-5-12)26(30)31)20(21(24)29)25-18(27)9-13-3-6-14(22)10-17(13)23/h3-8,10,16,20H,2,9,11H2,1H3,(H2,24,29)(H,25,27)/t16-,20-/m0/s1. The average molecular weight is 449 g/mol. The molecular formula is C21H21F2N3O6. The third-order valence-corrected chi connectivity index (χ3v) is 4.62. The molecule has 0 spiro atoms. The number of esters is 1. The van der Waals surface area contributed by atoms with E-state index in [4.69, 9.17) is 10.5 Å². The number of primary amides is 1. The molecule has 2 aromatic rings. The average Bonchev–Trinajstić information content (AvgIpc) is 2.72. The van der Waals surface area contributed by atoms with Crippen LogP contribution in [0.4, 0.5) is 14.5 Å². The van der Waals surface area contributed by atoms with Gasteiger partial charge in [-0.1, -0.05) is 18.2 Å². The van der Waals surface area contributed by atoms with Crippen LogP contribution in [-0.2, 0) is 25.5 Å². The Balaban J connectivity index is 2.31. The van der Waals surface area contributed by atoms with Crippen molar-refractivity contribution in [1.82, 2.24) is 5.32 Å². The van der Waals surface area contributed by atoms with Crippen molar-refractivity contribution in [2.24, 2.45) is 5.73 Å². The van der Waals surface area contributed by atoms with Crippen LogP contribution in [0.3, 0.4) is 0 Å². The van der Waals surface area contributed by atoms with Crippen LogP contribution in [0, 0.1) is 21.7 Å². The van der Waals surface area contributed by atoms with Gasteiger partial charge in [0.2, 0.25) is 11.8 Å². The summed E-state index contributed by atoms with van der Waals surface area (Å²) >= 11 is 0. The Labute approximate surface area is 181 Å². The molecule has 0 bridgehead atoms. The summed E-state index contributed by atoms with van der Waals surface area (Å²) in [6, 6.07) is 6.33. The molecule has 0 aliphatic heterocycles. The third kappa shape index (κ3) is 6.56. The molecule has 9 nitrogen and oxygen atoms in total. The smallest absolute Gasteiger partial charge is 0.306 e. The Bertz CT molecular complexity index is 1010. The Morgan fingerprint density at radius 1 is 1.16 bits per heavy atom. The molecule has 0 aromatic heterocycles. The van der Waals surface area contributed by atoms with Gasteiger partial charge in [-0.25, -0.2) is 8.78 Å². The van der Waals surface area contributed by atoms with Crippen LogP contribution in [0.5, 0.6) is 0 Å². The molecule has 32 heavy (non-hydrogen) atoms. The number of benzene rings is 2. The number of amides is 2. The normalized spacial score (nSPS) is 12.5. The number of hydrogen-bond acceptors (Lipinski definition) is 6. The minimum Gasteiger partial charge on any atom is -0.466 e. The fraction of sp³-hybridized carbons (Fsp3) is 0.286. The molecule has 0 unspecified atom stereocenters. The van der Waals surface area contributed by atoms with Gasteiger partial charge in [0.05, 0.1) is 24.4 Å². The monoisotopic (exact) mass is 449 g/mol. The van der Waals surface area contributed by atoms with E-state index in [9.17, 15) is 33.3 Å². The maximum atomic E-state index is 13.9. The molecular weight excluding hydrogens is 428 g/mol. The molecule has 0 fully saturated rings. The first kappa shape index (κ1) is 24.4. The van der Waals surface area contributed by atoms with Crippen LogP contribution in [0.2, 0.25) is 0 Å². The van der Waals surface area contributed by atoms with Crippen LogP contribution in [0.1, 0.15) is 30.4 Å². The molecule has 0 radical (unpaired) electrons. The van der Waals surface area contributed by atoms with E-state index in [-0.39, 0.29) is 24.3 Å². The number of hydrogen-bond donors (Lipinski definition) is 2. The van der Waals surface area contributed by atoms with Crippen molar-refractivity contribution in [1.29, 1.82) is 0 Å². The molecule has 2 rings (SSSR count). The molecule has 170 valence electrons. The second-order valence-electron chi connectivity index (χ2n) is 6.82. The summed E-state index contributed by atoms with van der Waals surface area (Å²) in [6.07, 6.45) is -0.868. The lowest BCUT2D eigenvalue weighted by Crippen LogP contribution is -2.49. The molecule has 0 saturated heterocycles. The molecule has 3 N–H and O–H groups in total. The number of nitro benzene ring substituents is 1. The van der Waals surface area contributed by atoms with Crippen LogP contribution in [0.15, 0.2) is 42.5 Å². The maximum absolute atomic E-state index is 13.9. The number of rotatable bonds is 10. The minimum atomic E-state index is -1.41. The van der Waals surface area contributed by atoms with E-state index in [1.165, 1.54) is 24.3 Å². The van der Waals surface area contributed by atoms with E-state index in [0.29, 0.717) is 11.6 Å². The topological polar surface area (TPSA) is 142 Å². The molecule has 0 heterocycles. The van der Waals surface area contributed by atoms with Crippen molar-refractivity contribution in [3.8, 4) is 0 Å². The summed E-state index contributed by atoms with van der Waals surface area (Å²) in [5.74, 6) is -5.21. The summed E-state index contributed by atoms with van der Waals surface area (Å²) < 4.78 is 31.8. The number of ether oxygens (including phenoxy) is 1. The van der Waals surface area contributed by atoms with Crippen molar-refractivity contribution in [3.63, 3.8) is 0 Å². The lowest BCUT2D eigenvalue weighted by molar-refractivity contribution is -0.384. The molecule has 0 saturated carbocycles. The first-order valence-electron chi connectivity index (χ1n) is 9.55. The third-order valence-electron chi connectivity index (χ3n) is 4.62. The Morgan fingerprint density at radius 3 is 2.34 bits per heavy atom. The SMILES string of the molecule is CCOC(=O)C[C@@H](c1ccc([N+](=O)[O-])cc1)[C@H](NC(=O)Cc1ccc(F)cc1F)C(N)=O. The Morgan fingerprint density at radius 2 is 1.81 bits per heavy atom. The van der Waals surface area contributed by atoms with Crippen molar-refractivity contribution >= 4 is 23.5 Å². The summed E-state index contributed by atoms with van der Waals surface area (Å²) in [4.78, 5) is 47.0. The van der Waals surface area contributed by atoms with Crippen LogP contribution < -0.4 is 11.1 Å². The highest BCUT2D eigenvalue weighted by molar-refractivity contribution is 5.89. The Hall–Kier alpha value is -3.89. The highest BCUT2D eigenvalue weighted by Crippen LogP contribution is 2.27. The summed E-state index contributed by atoms with van der Waals surface area (Å²) in [6.45, 7) is 1.66. The van der Waals surface area contributed by atoms with E-state index in [1.807, 2.05) is 0 Å². The van der Waals surface area contributed by atoms with Crippen LogP contribution in [-0.4, -0.2) is 35.4 Å². The van der Waals surface area contributed by atoms with Gasteiger partial charge in [0, 0.05) is 24.1 Å². The highest BCUT2D eigenvalue weighted by atomic mass is 19.1. The first-order valence-corrected chi connectivity index (χ1v) is 9.55. The minimum absolute atomic E-state index is 0.0727. The van der Waals surface area contributed by atoms with Gasteiger partial charge in [0.15, 0.2) is 0 Å². The largest absolute Gasteiger partial charge is 0.466 e. The lowest BCUT2D eigenvalue weighted by Gasteiger charge is -2.25. The van der Waals surface area contributed by atoms with Gasteiger partial charge in [0.25, 0.3) is 5.69 Å². The van der Waals surface area contributed by atoms with Gasteiger partial charge in [-0.05, 0) is 24.1 Å². The summed E-state index contributed by atoms with van der Waals surface area (Å²) in [7, 11) is 0. The fourth-order valence-corrected chi connectivity index (χ4v) is 3.10. The fourth-order valence-electron chi connectivity index (χ4n) is 3.10. The maximum Gasteiger partial charge on any atom is 0.306 e. The van der Waals surface area contributed by atoms with Crippen molar-refractivity contribution in [2.45, 2.75) is 31.7 Å². The molecule has 2 atom stereocenters. The number of nitro groups is 1. The first-order chi connectivity index (χ1) is 15.1. The zero-order valence-electron chi connectivity index (χ0n) is 17.0. The molecule has 2 aromatic carbocycles. The van der Waals surface area contributed by atoms with Gasteiger partial charge in [-0.15, -0.1) is 0 Å². The predicted octanol–water partition coefficient (Wildman–Crippen LogP) is 2.12. The lowest BCUT2D eigenvalue weighted by atomic mass is 9.87. The van der Waals surface area contributed by atoms with Gasteiger partial charge in [-0.3, -0.25) is 24.5 Å². The van der Waals surface area contributed by atoms with Crippen LogP contribution in [0.25, 0.3) is 0 Å². The van der Waals surface area contributed by atoms with Crippen molar-refractivity contribution in [3.05, 3.63) is 75.3 Å². The van der Waals surface area contributed by atoms with E-state index in [2.05, 4.69) is 5.32 Å². The Kier molecular flexibility index (Phi) is 8.33. The number of non-ortho nitro benzene ring substituents is 1. The quantitative estimate of drug-likeness (QED) is 0.323. The number of carbonyl (C=O) groups excluding carboxylic acids is 3. The second kappa shape index (κ2) is 10.9. The number of halogens is 2. The number of nitrogens with two attached hydrogens (primary N) is 1. The molecule has 2 amide bonds. The molecule has 0 aliphatic carbocycles. The number of nitrogens with one attached hydrogen (secondary N) is 1. The zero-order chi connectivity index (χ0) is 23.8. The van der Waals surface area contributed by atoms with Crippen molar-refractivity contribution in [2.75, 3.05) is 6.61 Å². The van der Waals surface area contributed by atoms with E-state index in [1.54, 1.807) is 6.92 Å². The van der Waals surface area contributed by atoms with Gasteiger partial charge in [-0.2, -0.15) is 0 Å². The molecule has 11 heteroatoms. The van der Waals surface area contributed by atoms with Crippen LogP contribution >= 0.6 is 0 Å². The van der Waals surface area contributed by atoms with Gasteiger partial charge in [0.1, 0.15) is 17.7 Å². The van der Waals surface area contributed by atoms with Gasteiger partial charge < -0.3 is 15.8 Å². The van der Waals surface area contributed by atoms with Gasteiger partial charge >= 0.3 is 5.97 Å². The van der Waals surface area contributed by atoms with E-state index in [0.717, 1.165) is 12.1 Å². The summed E-state index contributed by atoms with van der Waals surface area (Å²) in [5.41, 5.74) is 5.46. The second-order valence-corrected chi connectivity index (χ2v) is 6.82. The number of carbonyl (C=O) groups is 3. The van der Waals surface area contributed by atoms with E-state index < -0.39 is 52.7 Å². The van der Waals surface area contributed by atoms with Crippen molar-refractivity contribution < 1.29 is 32.8 Å². The zero-order valence-corrected chi connectivity index (χ0v) is 17.0. The molecule has 0 aliphatic rings. The van der Waals surface area contributed by atoms with E-state index >= 15 is 0 Å². The summed E-state index contributed by atoms with van der Waals surface area (Å²) in [5, 5.41) is 13.3. The highest BCUT2D eigenvalue weighted by Gasteiger charge is 2.32.